The first-order chi connectivity index (χ1) is 13.4. The molecule has 4 rings (SSSR count). The van der Waals surface area contributed by atoms with Crippen LogP contribution in [0.3, 0.4) is 0 Å². The molecular formula is C20H21ClN6O. The van der Waals surface area contributed by atoms with Crippen LogP contribution >= 0.6 is 11.6 Å². The van der Waals surface area contributed by atoms with Crippen molar-refractivity contribution in [1.29, 1.82) is 0 Å². The van der Waals surface area contributed by atoms with Crippen LogP contribution in [-0.4, -0.2) is 25.7 Å². The minimum absolute atomic E-state index is 0.269. The van der Waals surface area contributed by atoms with Crippen molar-refractivity contribution in [2.45, 2.75) is 39.5 Å². The normalized spacial score (nSPS) is 13.4. The fraction of sp³-hybridized carbons (Fsp3) is 0.300. The Kier molecular flexibility index (Phi) is 4.77. The van der Waals surface area contributed by atoms with Gasteiger partial charge in [-0.3, -0.25) is 15.6 Å². The second-order valence-corrected chi connectivity index (χ2v) is 7.52. The Bertz CT molecular complexity index is 1040. The van der Waals surface area contributed by atoms with E-state index in [4.69, 9.17) is 11.6 Å². The van der Waals surface area contributed by atoms with Crippen molar-refractivity contribution >= 4 is 23.5 Å². The monoisotopic (exact) mass is 396 g/mol. The van der Waals surface area contributed by atoms with Crippen LogP contribution in [-0.2, 0) is 0 Å². The van der Waals surface area contributed by atoms with Crippen molar-refractivity contribution in [1.82, 2.24) is 25.2 Å². The predicted octanol–water partition coefficient (Wildman–Crippen LogP) is 3.88. The highest BCUT2D eigenvalue weighted by atomic mass is 35.5. The molecular weight excluding hydrogens is 376 g/mol. The topological polar surface area (TPSA) is 84.7 Å². The summed E-state index contributed by atoms with van der Waals surface area (Å²) in [6.07, 6.45) is 3.68. The van der Waals surface area contributed by atoms with Gasteiger partial charge in [0.25, 0.3) is 5.91 Å². The number of nitrogens with one attached hydrogen (secondary N) is 2. The Morgan fingerprint density at radius 3 is 2.50 bits per heavy atom. The first kappa shape index (κ1) is 18.4. The smallest absolute Gasteiger partial charge is 0.267 e. The summed E-state index contributed by atoms with van der Waals surface area (Å²) in [5.74, 6) is 0.409. The number of aryl methyl sites for hydroxylation is 3. The molecule has 2 aromatic heterocycles. The highest BCUT2D eigenvalue weighted by molar-refractivity contribution is 6.31. The van der Waals surface area contributed by atoms with E-state index in [1.54, 1.807) is 6.20 Å². The average Bonchev–Trinajstić information content (AvgIpc) is 3.39. The standard InChI is InChI=1S/C20H21ClN6O/c1-11-4-7-15(9-17(11)21)27-18(14-5-6-14)16(10-22-27)19(28)25-26-20-23-12(2)8-13(3)24-20/h4,7-10,14H,5-6H2,1-3H3,(H,25,28)(H,23,24,26). The largest absolute Gasteiger partial charge is 0.273 e. The number of carbonyl (C=O) groups is 1. The van der Waals surface area contributed by atoms with Gasteiger partial charge < -0.3 is 0 Å². The number of aromatic nitrogens is 4. The highest BCUT2D eigenvalue weighted by Gasteiger charge is 2.33. The average molecular weight is 397 g/mol. The summed E-state index contributed by atoms with van der Waals surface area (Å²) in [6.45, 7) is 5.71. The molecule has 0 saturated heterocycles. The lowest BCUT2D eigenvalue weighted by Gasteiger charge is -2.11. The molecule has 1 saturated carbocycles. The lowest BCUT2D eigenvalue weighted by atomic mass is 10.1. The van der Waals surface area contributed by atoms with Gasteiger partial charge in [-0.2, -0.15) is 5.10 Å². The molecule has 3 aromatic rings. The number of hydrogen-bond donors (Lipinski definition) is 2. The number of nitrogens with zero attached hydrogens (tertiary/aromatic N) is 4. The van der Waals surface area contributed by atoms with Gasteiger partial charge in [-0.25, -0.2) is 14.6 Å². The Balaban J connectivity index is 1.60. The molecule has 1 aromatic carbocycles. The maximum atomic E-state index is 12.8. The molecule has 2 heterocycles. The van der Waals surface area contributed by atoms with Crippen LogP contribution in [0.25, 0.3) is 5.69 Å². The van der Waals surface area contributed by atoms with Crippen molar-refractivity contribution in [3.05, 3.63) is 63.7 Å². The van der Waals surface area contributed by atoms with E-state index in [0.29, 0.717) is 22.5 Å². The Morgan fingerprint density at radius 2 is 1.86 bits per heavy atom. The van der Waals surface area contributed by atoms with Crippen molar-refractivity contribution < 1.29 is 4.79 Å². The number of hydrazine groups is 1. The summed E-state index contributed by atoms with van der Waals surface area (Å²) >= 11 is 6.28. The molecule has 1 aliphatic carbocycles. The van der Waals surface area contributed by atoms with Crippen molar-refractivity contribution in [2.24, 2.45) is 0 Å². The van der Waals surface area contributed by atoms with E-state index in [0.717, 1.165) is 41.2 Å². The van der Waals surface area contributed by atoms with Gasteiger partial charge in [0.1, 0.15) is 0 Å². The van der Waals surface area contributed by atoms with Crippen LogP contribution in [0, 0.1) is 20.8 Å². The Labute approximate surface area is 168 Å². The number of rotatable bonds is 5. The molecule has 0 radical (unpaired) electrons. The zero-order valence-electron chi connectivity index (χ0n) is 16.0. The highest BCUT2D eigenvalue weighted by Crippen LogP contribution is 2.42. The third kappa shape index (κ3) is 3.71. The van der Waals surface area contributed by atoms with Crippen LogP contribution in [0.4, 0.5) is 5.95 Å². The van der Waals surface area contributed by atoms with E-state index < -0.39 is 0 Å². The summed E-state index contributed by atoms with van der Waals surface area (Å²) in [5, 5.41) is 5.14. The van der Waals surface area contributed by atoms with Crippen LogP contribution in [0.15, 0.2) is 30.5 Å². The fourth-order valence-corrected chi connectivity index (χ4v) is 3.34. The van der Waals surface area contributed by atoms with Gasteiger partial charge in [0.15, 0.2) is 0 Å². The number of carbonyl (C=O) groups excluding carboxylic acids is 1. The first-order valence-electron chi connectivity index (χ1n) is 9.15. The lowest BCUT2D eigenvalue weighted by Crippen LogP contribution is -2.31. The summed E-state index contributed by atoms with van der Waals surface area (Å²) < 4.78 is 1.81. The van der Waals surface area contributed by atoms with E-state index >= 15 is 0 Å². The molecule has 1 amide bonds. The zero-order chi connectivity index (χ0) is 19.8. The number of amides is 1. The SMILES string of the molecule is Cc1cc(C)nc(NNC(=O)c2cnn(-c3ccc(C)c(Cl)c3)c2C2CC2)n1. The zero-order valence-corrected chi connectivity index (χ0v) is 16.7. The molecule has 0 bridgehead atoms. The summed E-state index contributed by atoms with van der Waals surface area (Å²) in [7, 11) is 0. The van der Waals surface area contributed by atoms with Gasteiger partial charge in [0.2, 0.25) is 5.95 Å². The van der Waals surface area contributed by atoms with Crippen molar-refractivity contribution in [2.75, 3.05) is 5.43 Å². The molecule has 144 valence electrons. The van der Waals surface area contributed by atoms with E-state index in [1.807, 2.05) is 49.7 Å². The molecule has 0 aliphatic heterocycles. The van der Waals surface area contributed by atoms with Crippen molar-refractivity contribution in [3.63, 3.8) is 0 Å². The molecule has 1 fully saturated rings. The van der Waals surface area contributed by atoms with Crippen molar-refractivity contribution in [3.8, 4) is 5.69 Å². The van der Waals surface area contributed by atoms with E-state index in [1.165, 1.54) is 0 Å². The van der Waals surface area contributed by atoms with E-state index in [2.05, 4.69) is 25.9 Å². The predicted molar refractivity (Wildman–Crippen MR) is 108 cm³/mol. The quantitative estimate of drug-likeness (QED) is 0.639. The maximum Gasteiger partial charge on any atom is 0.273 e. The molecule has 1 aliphatic rings. The van der Waals surface area contributed by atoms with E-state index in [9.17, 15) is 4.79 Å². The van der Waals surface area contributed by atoms with Gasteiger partial charge in [-0.15, -0.1) is 0 Å². The minimum Gasteiger partial charge on any atom is -0.267 e. The molecule has 28 heavy (non-hydrogen) atoms. The van der Waals surface area contributed by atoms with Crippen LogP contribution in [0.2, 0.25) is 5.02 Å². The van der Waals surface area contributed by atoms with Crippen LogP contribution < -0.4 is 10.9 Å². The molecule has 0 unspecified atom stereocenters. The van der Waals surface area contributed by atoms with Gasteiger partial charge >= 0.3 is 0 Å². The molecule has 0 spiro atoms. The molecule has 7 nitrogen and oxygen atoms in total. The van der Waals surface area contributed by atoms with Crippen LogP contribution in [0.5, 0.6) is 0 Å². The molecule has 0 atom stereocenters. The first-order valence-corrected chi connectivity index (χ1v) is 9.53. The lowest BCUT2D eigenvalue weighted by molar-refractivity contribution is 0.0961. The van der Waals surface area contributed by atoms with Gasteiger partial charge in [-0.1, -0.05) is 17.7 Å². The van der Waals surface area contributed by atoms with E-state index in [-0.39, 0.29) is 5.91 Å². The van der Waals surface area contributed by atoms with Gasteiger partial charge in [0, 0.05) is 22.3 Å². The Hall–Kier alpha value is -2.93. The van der Waals surface area contributed by atoms with Crippen LogP contribution in [0.1, 0.15) is 51.8 Å². The van der Waals surface area contributed by atoms with Gasteiger partial charge in [0.05, 0.1) is 23.1 Å². The number of hydrogen-bond acceptors (Lipinski definition) is 5. The maximum absolute atomic E-state index is 12.8. The summed E-state index contributed by atoms with van der Waals surface area (Å²) in [5.41, 5.74) is 10.4. The third-order valence-electron chi connectivity index (χ3n) is 4.69. The Morgan fingerprint density at radius 1 is 1.14 bits per heavy atom. The second kappa shape index (κ2) is 7.24. The molecule has 2 N–H and O–H groups in total. The number of anilines is 1. The fourth-order valence-electron chi connectivity index (χ4n) is 3.16. The number of benzene rings is 1. The summed E-state index contributed by atoms with van der Waals surface area (Å²) in [6, 6.07) is 7.66. The second-order valence-electron chi connectivity index (χ2n) is 7.12. The molecule has 8 heteroatoms. The third-order valence-corrected chi connectivity index (χ3v) is 5.09. The number of halogens is 1. The summed E-state index contributed by atoms with van der Waals surface area (Å²) in [4.78, 5) is 21.3. The van der Waals surface area contributed by atoms with Gasteiger partial charge in [-0.05, 0) is 57.4 Å². The minimum atomic E-state index is -0.269.